The van der Waals surface area contributed by atoms with Crippen molar-refractivity contribution in [2.24, 2.45) is 0 Å². The number of nitrogens with one attached hydrogen (secondary N) is 1. The highest BCUT2D eigenvalue weighted by Crippen LogP contribution is 2.19. The maximum absolute atomic E-state index is 9.76. The van der Waals surface area contributed by atoms with Gasteiger partial charge in [-0.2, -0.15) is 5.10 Å². The number of aromatic nitrogens is 3. The van der Waals surface area contributed by atoms with E-state index in [1.165, 1.54) is 0 Å². The van der Waals surface area contributed by atoms with E-state index in [0.717, 1.165) is 18.8 Å². The zero-order chi connectivity index (χ0) is 13.7. The van der Waals surface area contributed by atoms with Crippen molar-refractivity contribution in [2.45, 2.75) is 25.6 Å². The van der Waals surface area contributed by atoms with Crippen molar-refractivity contribution in [3.63, 3.8) is 0 Å². The van der Waals surface area contributed by atoms with E-state index in [2.05, 4.69) is 20.1 Å². The zero-order valence-electron chi connectivity index (χ0n) is 11.5. The van der Waals surface area contributed by atoms with Gasteiger partial charge in [-0.05, 0) is 0 Å². The van der Waals surface area contributed by atoms with Gasteiger partial charge >= 0.3 is 0 Å². The lowest BCUT2D eigenvalue weighted by Crippen LogP contribution is -2.43. The molecule has 0 aliphatic carbocycles. The fraction of sp³-hybridized carbons (Fsp3) is 0.833. The van der Waals surface area contributed by atoms with E-state index < -0.39 is 6.10 Å². The summed E-state index contributed by atoms with van der Waals surface area (Å²) in [6.45, 7) is 5.09. The third-order valence-corrected chi connectivity index (χ3v) is 3.15. The van der Waals surface area contributed by atoms with Crippen LogP contribution in [0.3, 0.4) is 0 Å². The minimum atomic E-state index is -0.470. The summed E-state index contributed by atoms with van der Waals surface area (Å²) >= 11 is 0. The van der Waals surface area contributed by atoms with Crippen LogP contribution in [0.1, 0.15) is 24.7 Å². The van der Waals surface area contributed by atoms with Crippen molar-refractivity contribution >= 4 is 0 Å². The number of aromatic amines is 1. The molecule has 19 heavy (non-hydrogen) atoms. The summed E-state index contributed by atoms with van der Waals surface area (Å²) in [4.78, 5) is 6.55. The molecule has 0 saturated carbocycles. The lowest BCUT2D eigenvalue weighted by atomic mass is 10.2. The molecular weight excluding hydrogens is 248 g/mol. The van der Waals surface area contributed by atoms with Crippen molar-refractivity contribution in [3.05, 3.63) is 11.6 Å². The van der Waals surface area contributed by atoms with Crippen LogP contribution in [-0.2, 0) is 15.9 Å². The summed E-state index contributed by atoms with van der Waals surface area (Å²) in [5.41, 5.74) is 0. The Morgan fingerprint density at radius 2 is 2.47 bits per heavy atom. The Morgan fingerprint density at radius 1 is 1.63 bits per heavy atom. The van der Waals surface area contributed by atoms with Crippen molar-refractivity contribution in [3.8, 4) is 0 Å². The summed E-state index contributed by atoms with van der Waals surface area (Å²) in [6.07, 6.45) is 0.234. The first-order valence-electron chi connectivity index (χ1n) is 6.65. The molecule has 0 radical (unpaired) electrons. The summed E-state index contributed by atoms with van der Waals surface area (Å²) in [6, 6.07) is 0. The summed E-state index contributed by atoms with van der Waals surface area (Å²) in [7, 11) is 1.59. The number of morpholine rings is 1. The molecule has 2 atom stereocenters. The number of aliphatic hydroxyl groups excluding tert-OH is 1. The molecule has 1 aromatic heterocycles. The Morgan fingerprint density at radius 3 is 3.16 bits per heavy atom. The molecule has 1 aromatic rings. The first-order valence-corrected chi connectivity index (χ1v) is 6.65. The highest BCUT2D eigenvalue weighted by atomic mass is 16.5. The van der Waals surface area contributed by atoms with Gasteiger partial charge in [-0.15, -0.1) is 0 Å². The molecule has 0 unspecified atom stereocenters. The Bertz CT molecular complexity index is 385. The standard InChI is InChI=1S/C12H22N4O3/c1-3-11-13-12(15-14-11)10-7-16(4-5-19-10)6-9(17)8-18-2/h9-10,17H,3-8H2,1-2H3,(H,13,14,15)/t9-,10+/m0/s1. The average Bonchev–Trinajstić information content (AvgIpc) is 2.88. The van der Waals surface area contributed by atoms with Gasteiger partial charge in [0.1, 0.15) is 11.9 Å². The summed E-state index contributed by atoms with van der Waals surface area (Å²) in [5, 5.41) is 16.8. The van der Waals surface area contributed by atoms with E-state index in [0.29, 0.717) is 32.1 Å². The van der Waals surface area contributed by atoms with E-state index in [9.17, 15) is 5.11 Å². The lowest BCUT2D eigenvalue weighted by molar-refractivity contribution is -0.0526. The van der Waals surface area contributed by atoms with Gasteiger partial charge in [0, 0.05) is 33.2 Å². The summed E-state index contributed by atoms with van der Waals surface area (Å²) < 4.78 is 10.6. The van der Waals surface area contributed by atoms with Crippen molar-refractivity contribution < 1.29 is 14.6 Å². The van der Waals surface area contributed by atoms with E-state index in [1.807, 2.05) is 6.92 Å². The molecule has 2 rings (SSSR count). The largest absolute Gasteiger partial charge is 0.389 e. The first kappa shape index (κ1) is 14.4. The third kappa shape index (κ3) is 3.97. The van der Waals surface area contributed by atoms with Gasteiger partial charge < -0.3 is 14.6 Å². The lowest BCUT2D eigenvalue weighted by Gasteiger charge is -2.32. The molecule has 2 N–H and O–H groups in total. The fourth-order valence-electron chi connectivity index (χ4n) is 2.18. The maximum atomic E-state index is 9.76. The van der Waals surface area contributed by atoms with Gasteiger partial charge in [-0.1, -0.05) is 6.92 Å². The Kier molecular flexibility index (Phi) is 5.26. The molecule has 1 aliphatic rings. The summed E-state index contributed by atoms with van der Waals surface area (Å²) in [5.74, 6) is 1.57. The van der Waals surface area contributed by atoms with Gasteiger partial charge in [0.2, 0.25) is 0 Å². The van der Waals surface area contributed by atoms with Crippen LogP contribution in [-0.4, -0.2) is 71.2 Å². The molecule has 1 fully saturated rings. The molecule has 7 nitrogen and oxygen atoms in total. The van der Waals surface area contributed by atoms with Crippen LogP contribution in [0.25, 0.3) is 0 Å². The average molecular weight is 270 g/mol. The zero-order valence-corrected chi connectivity index (χ0v) is 11.5. The number of methoxy groups -OCH3 is 1. The Balaban J connectivity index is 1.89. The SMILES string of the molecule is CCc1nc([C@H]2CN(C[C@H](O)COC)CCO2)n[nH]1. The first-order chi connectivity index (χ1) is 9.22. The number of nitrogens with zero attached hydrogens (tertiary/aromatic N) is 3. The fourth-order valence-corrected chi connectivity index (χ4v) is 2.18. The minimum absolute atomic E-state index is 0.125. The topological polar surface area (TPSA) is 83.5 Å². The van der Waals surface area contributed by atoms with E-state index in [1.54, 1.807) is 7.11 Å². The number of β-amino-alcohol motifs (C(OH)–C–C–N with tert-alkyl or cyclic N) is 1. The Labute approximate surface area is 112 Å². The second-order valence-corrected chi connectivity index (χ2v) is 4.72. The molecule has 0 spiro atoms. The number of aryl methyl sites for hydroxylation is 1. The van der Waals surface area contributed by atoms with Crippen LogP contribution in [0.4, 0.5) is 0 Å². The van der Waals surface area contributed by atoms with E-state index >= 15 is 0 Å². The Hall–Kier alpha value is -1.02. The smallest absolute Gasteiger partial charge is 0.180 e. The quantitative estimate of drug-likeness (QED) is 0.741. The molecule has 108 valence electrons. The van der Waals surface area contributed by atoms with E-state index in [-0.39, 0.29) is 6.10 Å². The molecule has 0 bridgehead atoms. The van der Waals surface area contributed by atoms with Gasteiger partial charge in [0.05, 0.1) is 19.3 Å². The molecule has 0 amide bonds. The van der Waals surface area contributed by atoms with Crippen LogP contribution in [0.2, 0.25) is 0 Å². The number of H-pyrrole nitrogens is 1. The number of ether oxygens (including phenoxy) is 2. The highest BCUT2D eigenvalue weighted by Gasteiger charge is 2.26. The number of rotatable bonds is 6. The minimum Gasteiger partial charge on any atom is -0.389 e. The van der Waals surface area contributed by atoms with Crippen LogP contribution in [0.15, 0.2) is 0 Å². The van der Waals surface area contributed by atoms with Crippen molar-refractivity contribution in [2.75, 3.05) is 40.0 Å². The van der Waals surface area contributed by atoms with Gasteiger partial charge in [0.25, 0.3) is 0 Å². The normalized spacial score (nSPS) is 22.6. The van der Waals surface area contributed by atoms with Gasteiger partial charge in [-0.25, -0.2) is 4.98 Å². The van der Waals surface area contributed by atoms with Crippen LogP contribution in [0, 0.1) is 0 Å². The molecule has 1 aliphatic heterocycles. The van der Waals surface area contributed by atoms with Crippen molar-refractivity contribution in [1.29, 1.82) is 0 Å². The molecule has 1 saturated heterocycles. The predicted molar refractivity (Wildman–Crippen MR) is 68.8 cm³/mol. The highest BCUT2D eigenvalue weighted by molar-refractivity contribution is 4.96. The molecule has 0 aromatic carbocycles. The second-order valence-electron chi connectivity index (χ2n) is 4.72. The van der Waals surface area contributed by atoms with Gasteiger partial charge in [-0.3, -0.25) is 10.00 Å². The van der Waals surface area contributed by atoms with Crippen LogP contribution >= 0.6 is 0 Å². The van der Waals surface area contributed by atoms with Gasteiger partial charge in [0.15, 0.2) is 5.82 Å². The molecule has 2 heterocycles. The molecular formula is C12H22N4O3. The van der Waals surface area contributed by atoms with Crippen LogP contribution in [0.5, 0.6) is 0 Å². The maximum Gasteiger partial charge on any atom is 0.180 e. The third-order valence-electron chi connectivity index (χ3n) is 3.15. The van der Waals surface area contributed by atoms with E-state index in [4.69, 9.17) is 9.47 Å². The van der Waals surface area contributed by atoms with Crippen LogP contribution < -0.4 is 0 Å². The second kappa shape index (κ2) is 6.95. The monoisotopic (exact) mass is 270 g/mol. The number of aliphatic hydroxyl groups is 1. The number of hydrogen-bond donors (Lipinski definition) is 2. The predicted octanol–water partition coefficient (Wildman–Crippen LogP) is -0.252. The van der Waals surface area contributed by atoms with Crippen molar-refractivity contribution in [1.82, 2.24) is 20.1 Å². The number of hydrogen-bond acceptors (Lipinski definition) is 6. The molecule has 7 heteroatoms.